The van der Waals surface area contributed by atoms with Gasteiger partial charge in [0, 0.05) is 18.4 Å². The summed E-state index contributed by atoms with van der Waals surface area (Å²) >= 11 is 0. The molecule has 0 aromatic heterocycles. The highest BCUT2D eigenvalue weighted by Crippen LogP contribution is 2.30. The van der Waals surface area contributed by atoms with Gasteiger partial charge in [0.2, 0.25) is 0 Å². The molecule has 0 saturated carbocycles. The molecule has 0 bridgehead atoms. The van der Waals surface area contributed by atoms with Crippen molar-refractivity contribution < 1.29 is 14.0 Å². The Hall–Kier alpha value is -1.61. The van der Waals surface area contributed by atoms with E-state index in [2.05, 4.69) is 30.8 Å². The molecule has 3 heteroatoms. The summed E-state index contributed by atoms with van der Waals surface area (Å²) in [5, 5.41) is 0. The van der Waals surface area contributed by atoms with Gasteiger partial charge in [-0.25, -0.2) is 4.79 Å². The minimum atomic E-state index is -0.0998. The van der Waals surface area contributed by atoms with Crippen LogP contribution in [-0.4, -0.2) is 36.2 Å². The van der Waals surface area contributed by atoms with Crippen LogP contribution < -0.4 is 0 Å². The zero-order chi connectivity index (χ0) is 14.4. The molecule has 0 aliphatic carbocycles. The SMILES string of the molecule is C=C[C@@H]1CCC[N+]1(CC(=O)OCC)Cc1ccccc1. The molecule has 2 atom stereocenters. The Morgan fingerprint density at radius 1 is 1.45 bits per heavy atom. The molecular weight excluding hydrogens is 250 g/mol. The first-order chi connectivity index (χ1) is 9.70. The Labute approximate surface area is 121 Å². The Morgan fingerprint density at radius 3 is 2.85 bits per heavy atom. The number of hydrogen-bond acceptors (Lipinski definition) is 2. The second-order valence-corrected chi connectivity index (χ2v) is 5.49. The first-order valence-corrected chi connectivity index (χ1v) is 7.38. The van der Waals surface area contributed by atoms with Crippen LogP contribution in [0.3, 0.4) is 0 Å². The molecule has 0 radical (unpaired) electrons. The molecule has 0 spiro atoms. The fraction of sp³-hybridized carbons (Fsp3) is 0.471. The van der Waals surface area contributed by atoms with Gasteiger partial charge in [-0.05, 0) is 13.0 Å². The number of quaternary nitrogens is 1. The molecule has 1 fully saturated rings. The van der Waals surface area contributed by atoms with Gasteiger partial charge in [0.25, 0.3) is 0 Å². The van der Waals surface area contributed by atoms with Crippen LogP contribution in [0.5, 0.6) is 0 Å². The lowest BCUT2D eigenvalue weighted by molar-refractivity contribution is -0.939. The van der Waals surface area contributed by atoms with Gasteiger partial charge in [-0.2, -0.15) is 0 Å². The van der Waals surface area contributed by atoms with Crippen molar-refractivity contribution in [2.24, 2.45) is 0 Å². The highest BCUT2D eigenvalue weighted by atomic mass is 16.5. The number of likely N-dealkylation sites (tertiary alicyclic amines) is 1. The Kier molecular flexibility index (Phi) is 4.96. The maximum Gasteiger partial charge on any atom is 0.361 e. The Balaban J connectivity index is 2.20. The molecule has 2 rings (SSSR count). The molecule has 1 aliphatic heterocycles. The van der Waals surface area contributed by atoms with Gasteiger partial charge in [-0.1, -0.05) is 36.9 Å². The van der Waals surface area contributed by atoms with Crippen molar-refractivity contribution >= 4 is 5.97 Å². The van der Waals surface area contributed by atoms with Crippen molar-refractivity contribution in [2.75, 3.05) is 19.7 Å². The normalized spacial score (nSPS) is 25.4. The molecule has 1 heterocycles. The predicted octanol–water partition coefficient (Wildman–Crippen LogP) is 2.91. The molecular formula is C17H24NO2+. The highest BCUT2D eigenvalue weighted by molar-refractivity contribution is 5.70. The molecule has 3 nitrogen and oxygen atoms in total. The number of carbonyl (C=O) groups is 1. The second kappa shape index (κ2) is 6.71. The predicted molar refractivity (Wildman–Crippen MR) is 80.0 cm³/mol. The van der Waals surface area contributed by atoms with Gasteiger partial charge in [-0.3, -0.25) is 0 Å². The average Bonchev–Trinajstić information content (AvgIpc) is 2.82. The highest BCUT2D eigenvalue weighted by Gasteiger charge is 2.42. The fourth-order valence-corrected chi connectivity index (χ4v) is 3.26. The maximum absolute atomic E-state index is 12.0. The molecule has 1 aromatic rings. The third-order valence-corrected chi connectivity index (χ3v) is 4.17. The van der Waals surface area contributed by atoms with Crippen molar-refractivity contribution in [3.05, 3.63) is 48.6 Å². The molecule has 0 amide bonds. The summed E-state index contributed by atoms with van der Waals surface area (Å²) in [4.78, 5) is 12.0. The molecule has 0 N–H and O–H groups in total. The summed E-state index contributed by atoms with van der Waals surface area (Å²) in [6.45, 7) is 8.60. The van der Waals surface area contributed by atoms with Gasteiger partial charge in [0.15, 0.2) is 6.54 Å². The van der Waals surface area contributed by atoms with Crippen LogP contribution in [0.25, 0.3) is 0 Å². The summed E-state index contributed by atoms with van der Waals surface area (Å²) in [5.41, 5.74) is 1.27. The number of hydrogen-bond donors (Lipinski definition) is 0. The molecule has 1 aromatic carbocycles. The van der Waals surface area contributed by atoms with Crippen LogP contribution in [0.2, 0.25) is 0 Å². The zero-order valence-electron chi connectivity index (χ0n) is 12.3. The monoisotopic (exact) mass is 274 g/mol. The van der Waals surface area contributed by atoms with E-state index in [1.165, 1.54) is 5.56 Å². The number of nitrogens with zero attached hydrogens (tertiary/aromatic N) is 1. The standard InChI is InChI=1S/C17H24NO2/c1-3-16-11-8-12-18(16,14-17(19)20-4-2)13-15-9-6-5-7-10-15/h3,5-7,9-10,16H,1,4,8,11-14H2,2H3/q+1/t16-,18?/m1/s1. The van der Waals surface area contributed by atoms with E-state index < -0.39 is 0 Å². The van der Waals surface area contributed by atoms with Crippen molar-refractivity contribution in [1.29, 1.82) is 0 Å². The maximum atomic E-state index is 12.0. The topological polar surface area (TPSA) is 26.3 Å². The van der Waals surface area contributed by atoms with Gasteiger partial charge in [0.1, 0.15) is 12.6 Å². The largest absolute Gasteiger partial charge is 0.462 e. The number of esters is 1. The van der Waals surface area contributed by atoms with E-state index >= 15 is 0 Å². The van der Waals surface area contributed by atoms with E-state index in [1.807, 2.05) is 19.1 Å². The van der Waals surface area contributed by atoms with E-state index in [0.29, 0.717) is 19.2 Å². The smallest absolute Gasteiger partial charge is 0.361 e. The number of benzene rings is 1. The third-order valence-electron chi connectivity index (χ3n) is 4.17. The second-order valence-electron chi connectivity index (χ2n) is 5.49. The zero-order valence-corrected chi connectivity index (χ0v) is 12.3. The molecule has 1 saturated heterocycles. The molecule has 1 aliphatic rings. The summed E-state index contributed by atoms with van der Waals surface area (Å²) in [7, 11) is 0. The van der Waals surface area contributed by atoms with E-state index in [1.54, 1.807) is 0 Å². The fourth-order valence-electron chi connectivity index (χ4n) is 3.26. The van der Waals surface area contributed by atoms with E-state index in [9.17, 15) is 4.79 Å². The molecule has 20 heavy (non-hydrogen) atoms. The van der Waals surface area contributed by atoms with Gasteiger partial charge < -0.3 is 9.22 Å². The minimum absolute atomic E-state index is 0.0998. The molecule has 108 valence electrons. The third kappa shape index (κ3) is 3.28. The van der Waals surface area contributed by atoms with Gasteiger partial charge >= 0.3 is 5.97 Å². The summed E-state index contributed by atoms with van der Waals surface area (Å²) < 4.78 is 5.93. The van der Waals surface area contributed by atoms with Crippen LogP contribution in [0, 0.1) is 0 Å². The lowest BCUT2D eigenvalue weighted by Crippen LogP contribution is -2.53. The van der Waals surface area contributed by atoms with Crippen molar-refractivity contribution in [3.8, 4) is 0 Å². The van der Waals surface area contributed by atoms with Crippen LogP contribution in [0.4, 0.5) is 0 Å². The van der Waals surface area contributed by atoms with Crippen LogP contribution in [0.15, 0.2) is 43.0 Å². The first-order valence-electron chi connectivity index (χ1n) is 7.38. The average molecular weight is 274 g/mol. The summed E-state index contributed by atoms with van der Waals surface area (Å²) in [5.74, 6) is -0.0998. The summed E-state index contributed by atoms with van der Waals surface area (Å²) in [6.07, 6.45) is 4.26. The van der Waals surface area contributed by atoms with Crippen molar-refractivity contribution in [3.63, 3.8) is 0 Å². The number of rotatable bonds is 6. The number of carbonyl (C=O) groups excluding carboxylic acids is 1. The minimum Gasteiger partial charge on any atom is -0.462 e. The summed E-state index contributed by atoms with van der Waals surface area (Å²) in [6, 6.07) is 10.7. The molecule has 1 unspecified atom stereocenters. The van der Waals surface area contributed by atoms with E-state index in [0.717, 1.165) is 30.4 Å². The van der Waals surface area contributed by atoms with Gasteiger partial charge in [-0.15, -0.1) is 0 Å². The van der Waals surface area contributed by atoms with Crippen LogP contribution >= 0.6 is 0 Å². The Bertz CT molecular complexity index is 457. The lowest BCUT2D eigenvalue weighted by Gasteiger charge is -2.38. The van der Waals surface area contributed by atoms with E-state index in [4.69, 9.17) is 4.74 Å². The lowest BCUT2D eigenvalue weighted by atomic mass is 10.1. The van der Waals surface area contributed by atoms with Gasteiger partial charge in [0.05, 0.1) is 13.2 Å². The van der Waals surface area contributed by atoms with Crippen molar-refractivity contribution in [1.82, 2.24) is 0 Å². The van der Waals surface area contributed by atoms with Crippen LogP contribution in [-0.2, 0) is 16.1 Å². The quantitative estimate of drug-likeness (QED) is 0.453. The first kappa shape index (κ1) is 14.8. The number of ether oxygens (including phenoxy) is 1. The van der Waals surface area contributed by atoms with E-state index in [-0.39, 0.29) is 5.97 Å². The van der Waals surface area contributed by atoms with Crippen LogP contribution in [0.1, 0.15) is 25.3 Å². The van der Waals surface area contributed by atoms with Crippen molar-refractivity contribution in [2.45, 2.75) is 32.4 Å². The Morgan fingerprint density at radius 2 is 2.20 bits per heavy atom.